The predicted octanol–water partition coefficient (Wildman–Crippen LogP) is 3.13. The van der Waals surface area contributed by atoms with E-state index in [0.29, 0.717) is 5.41 Å². The third kappa shape index (κ3) is 1.25. The van der Waals surface area contributed by atoms with E-state index < -0.39 is 0 Å². The Morgan fingerprint density at radius 2 is 2.05 bits per heavy atom. The van der Waals surface area contributed by atoms with Gasteiger partial charge in [0.2, 0.25) is 0 Å². The van der Waals surface area contributed by atoms with Crippen LogP contribution in [0.15, 0.2) is 12.1 Å². The minimum absolute atomic E-state index is 0.562. The standard InChI is InChI=1S/C18H23N/c1-2-8-18-9-10-19-17(16(18)3-1)11-14-13-6-4-12(13)5-7-15(14)18/h5,7,16-17,19H,1-4,6,8-11H2/t16-,17-,18+/m1/s1. The van der Waals surface area contributed by atoms with Gasteiger partial charge in [-0.05, 0) is 73.2 Å². The summed E-state index contributed by atoms with van der Waals surface area (Å²) in [6, 6.07) is 5.78. The minimum atomic E-state index is 0.562. The summed E-state index contributed by atoms with van der Waals surface area (Å²) < 4.78 is 0. The van der Waals surface area contributed by atoms with Gasteiger partial charge in [0, 0.05) is 11.5 Å². The zero-order chi connectivity index (χ0) is 12.4. The van der Waals surface area contributed by atoms with E-state index in [1.165, 1.54) is 57.9 Å². The van der Waals surface area contributed by atoms with Gasteiger partial charge in [-0.1, -0.05) is 25.0 Å². The van der Waals surface area contributed by atoms with Crippen molar-refractivity contribution in [1.82, 2.24) is 5.32 Å². The van der Waals surface area contributed by atoms with E-state index in [1.54, 1.807) is 22.3 Å². The Kier molecular flexibility index (Phi) is 2.09. The molecule has 100 valence electrons. The smallest absolute Gasteiger partial charge is 0.0144 e. The number of aryl methyl sites for hydroxylation is 1. The zero-order valence-corrected chi connectivity index (χ0v) is 11.7. The van der Waals surface area contributed by atoms with Crippen LogP contribution >= 0.6 is 0 Å². The summed E-state index contributed by atoms with van der Waals surface area (Å²) in [6.07, 6.45) is 11.2. The second-order valence-corrected chi connectivity index (χ2v) is 7.25. The summed E-state index contributed by atoms with van der Waals surface area (Å²) in [5.74, 6) is 0.931. The molecule has 1 heteroatoms. The van der Waals surface area contributed by atoms with Crippen molar-refractivity contribution in [2.75, 3.05) is 6.54 Å². The summed E-state index contributed by atoms with van der Waals surface area (Å²) in [7, 11) is 0. The number of benzene rings is 1. The van der Waals surface area contributed by atoms with Crippen molar-refractivity contribution in [1.29, 1.82) is 0 Å². The van der Waals surface area contributed by atoms with Crippen molar-refractivity contribution in [2.24, 2.45) is 5.92 Å². The molecule has 2 bridgehead atoms. The lowest BCUT2D eigenvalue weighted by molar-refractivity contribution is 0.0792. The average molecular weight is 253 g/mol. The molecule has 1 heterocycles. The first-order valence-corrected chi connectivity index (χ1v) is 8.26. The van der Waals surface area contributed by atoms with Gasteiger partial charge in [0.05, 0.1) is 0 Å². The van der Waals surface area contributed by atoms with Gasteiger partial charge in [-0.25, -0.2) is 0 Å². The molecule has 0 unspecified atom stereocenters. The highest BCUT2D eigenvalue weighted by Gasteiger charge is 2.52. The minimum Gasteiger partial charge on any atom is -0.313 e. The van der Waals surface area contributed by atoms with E-state index in [2.05, 4.69) is 17.4 Å². The molecule has 0 aromatic heterocycles. The van der Waals surface area contributed by atoms with E-state index in [0.717, 1.165) is 12.0 Å². The summed E-state index contributed by atoms with van der Waals surface area (Å²) in [5, 5.41) is 3.86. The van der Waals surface area contributed by atoms with Crippen LogP contribution in [0.2, 0.25) is 0 Å². The lowest BCUT2D eigenvalue weighted by atomic mass is 9.52. The third-order valence-electron chi connectivity index (χ3n) is 6.69. The molecule has 1 aliphatic heterocycles. The fourth-order valence-corrected chi connectivity index (χ4v) is 5.76. The molecule has 1 N–H and O–H groups in total. The van der Waals surface area contributed by atoms with Gasteiger partial charge in [0.1, 0.15) is 0 Å². The monoisotopic (exact) mass is 253 g/mol. The highest BCUT2D eigenvalue weighted by molar-refractivity contribution is 5.52. The van der Waals surface area contributed by atoms with E-state index >= 15 is 0 Å². The van der Waals surface area contributed by atoms with Crippen LogP contribution in [0, 0.1) is 5.92 Å². The van der Waals surface area contributed by atoms with Crippen LogP contribution < -0.4 is 5.32 Å². The highest BCUT2D eigenvalue weighted by atomic mass is 15.0. The Bertz CT molecular complexity index is 543. The third-order valence-corrected chi connectivity index (χ3v) is 6.69. The van der Waals surface area contributed by atoms with Gasteiger partial charge in [-0.3, -0.25) is 0 Å². The normalized spacial score (nSPS) is 38.7. The number of rotatable bonds is 0. The Labute approximate surface area is 115 Å². The van der Waals surface area contributed by atoms with Crippen molar-refractivity contribution >= 4 is 0 Å². The van der Waals surface area contributed by atoms with Crippen LogP contribution in [0.25, 0.3) is 0 Å². The van der Waals surface area contributed by atoms with Crippen molar-refractivity contribution in [3.8, 4) is 0 Å². The van der Waals surface area contributed by atoms with Gasteiger partial charge in [-0.15, -0.1) is 0 Å². The molecule has 19 heavy (non-hydrogen) atoms. The molecule has 1 nitrogen and oxygen atoms in total. The van der Waals surface area contributed by atoms with Crippen LogP contribution in [-0.4, -0.2) is 12.6 Å². The Morgan fingerprint density at radius 3 is 2.95 bits per heavy atom. The maximum absolute atomic E-state index is 3.86. The predicted molar refractivity (Wildman–Crippen MR) is 77.6 cm³/mol. The number of piperidine rings is 1. The molecule has 1 aromatic rings. The van der Waals surface area contributed by atoms with Crippen molar-refractivity contribution in [3.63, 3.8) is 0 Å². The molecular weight excluding hydrogens is 230 g/mol. The molecule has 4 aliphatic rings. The van der Waals surface area contributed by atoms with Crippen LogP contribution in [0.1, 0.15) is 54.4 Å². The summed E-state index contributed by atoms with van der Waals surface area (Å²) in [5.41, 5.74) is 7.52. The largest absolute Gasteiger partial charge is 0.313 e. The van der Waals surface area contributed by atoms with Gasteiger partial charge in [0.25, 0.3) is 0 Å². The van der Waals surface area contributed by atoms with Crippen LogP contribution in [0.3, 0.4) is 0 Å². The van der Waals surface area contributed by atoms with E-state index in [1.807, 2.05) is 0 Å². The molecule has 0 amide bonds. The number of hydrogen-bond acceptors (Lipinski definition) is 1. The summed E-state index contributed by atoms with van der Waals surface area (Å²) >= 11 is 0. The number of fused-ring (bicyclic) bond motifs is 3. The Morgan fingerprint density at radius 1 is 1.05 bits per heavy atom. The van der Waals surface area contributed by atoms with Gasteiger partial charge >= 0.3 is 0 Å². The number of hydrogen-bond donors (Lipinski definition) is 1. The van der Waals surface area contributed by atoms with E-state index in [9.17, 15) is 0 Å². The van der Waals surface area contributed by atoms with Crippen molar-refractivity contribution < 1.29 is 0 Å². The van der Waals surface area contributed by atoms with Crippen LogP contribution in [0.5, 0.6) is 0 Å². The van der Waals surface area contributed by atoms with Crippen molar-refractivity contribution in [2.45, 2.75) is 62.8 Å². The van der Waals surface area contributed by atoms with Crippen LogP contribution in [0.4, 0.5) is 0 Å². The summed E-state index contributed by atoms with van der Waals surface area (Å²) in [6.45, 7) is 1.25. The maximum atomic E-state index is 3.86. The molecule has 3 atom stereocenters. The topological polar surface area (TPSA) is 12.0 Å². The Hall–Kier alpha value is -0.820. The molecule has 1 saturated heterocycles. The number of nitrogens with one attached hydrogen (secondary N) is 1. The fourth-order valence-electron chi connectivity index (χ4n) is 5.76. The molecular formula is C18H23N. The molecule has 1 saturated carbocycles. The molecule has 0 spiro atoms. The average Bonchev–Trinajstić information content (AvgIpc) is 2.40. The highest BCUT2D eigenvalue weighted by Crippen LogP contribution is 2.55. The Balaban J connectivity index is 1.74. The lowest BCUT2D eigenvalue weighted by Crippen LogP contribution is -2.59. The molecule has 0 radical (unpaired) electrons. The summed E-state index contributed by atoms with van der Waals surface area (Å²) in [4.78, 5) is 0. The van der Waals surface area contributed by atoms with Gasteiger partial charge < -0.3 is 5.32 Å². The first kappa shape index (κ1) is 10.9. The molecule has 3 aliphatic carbocycles. The quantitative estimate of drug-likeness (QED) is 0.749. The molecule has 2 fully saturated rings. The van der Waals surface area contributed by atoms with E-state index in [4.69, 9.17) is 0 Å². The second kappa shape index (κ2) is 3.63. The maximum Gasteiger partial charge on any atom is 0.0144 e. The first-order valence-electron chi connectivity index (χ1n) is 8.26. The second-order valence-electron chi connectivity index (χ2n) is 7.25. The van der Waals surface area contributed by atoms with Crippen molar-refractivity contribution in [3.05, 3.63) is 34.4 Å². The van der Waals surface area contributed by atoms with E-state index in [-0.39, 0.29) is 0 Å². The first-order chi connectivity index (χ1) is 9.38. The van der Waals surface area contributed by atoms with Gasteiger partial charge in [0.15, 0.2) is 0 Å². The molecule has 5 rings (SSSR count). The SMILES string of the molecule is c1cc2c(c3c1CC3)C[C@H]1NCC[C@@]23CCCC[C@H]13. The van der Waals surface area contributed by atoms with Crippen LogP contribution in [-0.2, 0) is 24.7 Å². The van der Waals surface area contributed by atoms with Gasteiger partial charge in [-0.2, -0.15) is 0 Å². The fraction of sp³-hybridized carbons (Fsp3) is 0.667. The lowest BCUT2D eigenvalue weighted by Gasteiger charge is -2.56. The zero-order valence-electron chi connectivity index (χ0n) is 11.7. The molecule has 1 aromatic carbocycles.